The summed E-state index contributed by atoms with van der Waals surface area (Å²) in [6.45, 7) is 22.1. The van der Waals surface area contributed by atoms with Gasteiger partial charge in [-0.15, -0.1) is 0 Å². The molecule has 4 unspecified atom stereocenters. The highest BCUT2D eigenvalue weighted by molar-refractivity contribution is 6.30. The fourth-order valence-corrected chi connectivity index (χ4v) is 12.8. The maximum atomic E-state index is 13.7. The number of ether oxygens (including phenoxy) is 2. The van der Waals surface area contributed by atoms with Gasteiger partial charge >= 0.3 is 0 Å². The quantitative estimate of drug-likeness (QED) is 0.0705. The molecule has 10 rings (SSSR count). The van der Waals surface area contributed by atoms with E-state index in [4.69, 9.17) is 42.6 Å². The number of aryl methyl sites for hydroxylation is 4. The first-order valence-corrected chi connectivity index (χ1v) is 30.5. The Morgan fingerprint density at radius 3 is 1.56 bits per heavy atom. The largest absolute Gasteiger partial charge is 0.486 e. The van der Waals surface area contributed by atoms with Crippen LogP contribution >= 0.6 is 23.2 Å². The number of aromatic nitrogens is 4. The van der Waals surface area contributed by atoms with Crippen LogP contribution in [0.5, 0.6) is 11.5 Å². The minimum atomic E-state index is -0.0344. The van der Waals surface area contributed by atoms with E-state index in [1.165, 1.54) is 128 Å². The van der Waals surface area contributed by atoms with Gasteiger partial charge in [0.2, 0.25) is 5.91 Å². The zero-order valence-corrected chi connectivity index (χ0v) is 48.5. The normalized spacial score (nSPS) is 19.7. The predicted octanol–water partition coefficient (Wildman–Crippen LogP) is 14.2. The average Bonchev–Trinajstić information content (AvgIpc) is 4.06. The van der Waals surface area contributed by atoms with Gasteiger partial charge in [0.05, 0.1) is 22.1 Å². The molecule has 0 N–H and O–H groups in total. The van der Waals surface area contributed by atoms with Crippen molar-refractivity contribution >= 4 is 51.2 Å². The van der Waals surface area contributed by atoms with Gasteiger partial charge in [-0.3, -0.25) is 4.79 Å². The van der Waals surface area contributed by atoms with E-state index in [2.05, 4.69) is 92.8 Å². The van der Waals surface area contributed by atoms with E-state index in [9.17, 15) is 4.79 Å². The Hall–Kier alpha value is -4.65. The third-order valence-electron chi connectivity index (χ3n) is 17.2. The number of carbonyl (C=O) groups excluding carboxylic acids is 1. The SMILES string of the molecule is Cc1cccc2c1nc(COc1ccc(Cl)cc1)n2CCC(C)C(=O)N1CCCCC1CCN1CCCCC1.Cc1cccc2c1nc(COc1ccc(Cl)cc1)n2CCC(C)CN1CCCCC1CCN1CCCCC1. The van der Waals surface area contributed by atoms with Crippen molar-refractivity contribution < 1.29 is 14.3 Å². The molecule has 6 aromatic rings. The van der Waals surface area contributed by atoms with Crippen LogP contribution in [0, 0.1) is 25.7 Å². The van der Waals surface area contributed by atoms with Crippen molar-refractivity contribution in [3.8, 4) is 11.5 Å². The number of hydrogen-bond acceptors (Lipinski definition) is 8. The number of hydrogen-bond donors (Lipinski definition) is 0. The highest BCUT2D eigenvalue weighted by Gasteiger charge is 2.31. The second-order valence-electron chi connectivity index (χ2n) is 23.0. The van der Waals surface area contributed by atoms with Gasteiger partial charge in [-0.1, -0.05) is 80.6 Å². The predicted molar refractivity (Wildman–Crippen MR) is 316 cm³/mol. The first-order valence-electron chi connectivity index (χ1n) is 29.7. The lowest BCUT2D eigenvalue weighted by molar-refractivity contribution is -0.139. The van der Waals surface area contributed by atoms with Crippen molar-refractivity contribution in [2.45, 2.75) is 169 Å². The van der Waals surface area contributed by atoms with Crippen LogP contribution in [0.3, 0.4) is 0 Å². The van der Waals surface area contributed by atoms with Crippen LogP contribution in [0.1, 0.15) is 139 Å². The van der Waals surface area contributed by atoms with Gasteiger partial charge < -0.3 is 38.2 Å². The summed E-state index contributed by atoms with van der Waals surface area (Å²) in [4.78, 5) is 34.0. The molecule has 6 heterocycles. The Morgan fingerprint density at radius 1 is 0.558 bits per heavy atom. The summed E-state index contributed by atoms with van der Waals surface area (Å²) < 4.78 is 16.8. The number of rotatable bonds is 21. The summed E-state index contributed by atoms with van der Waals surface area (Å²) in [5, 5.41) is 1.41. The summed E-state index contributed by atoms with van der Waals surface area (Å²) in [6, 6.07) is 28.9. The molecule has 4 aliphatic heterocycles. The number of halogens is 2. The molecule has 4 aromatic carbocycles. The van der Waals surface area contributed by atoms with Gasteiger partial charge in [-0.05, 0) is 214 Å². The minimum absolute atomic E-state index is 0.0344. The van der Waals surface area contributed by atoms with Gasteiger partial charge in [0, 0.05) is 60.8 Å². The van der Waals surface area contributed by atoms with Crippen LogP contribution in [-0.4, -0.2) is 116 Å². The number of likely N-dealkylation sites (tertiary alicyclic amines) is 4. The van der Waals surface area contributed by atoms with Gasteiger partial charge in [-0.25, -0.2) is 9.97 Å². The van der Waals surface area contributed by atoms with Crippen molar-refractivity contribution in [3.63, 3.8) is 0 Å². The molecular formula is C64H88Cl2N8O3. The maximum Gasteiger partial charge on any atom is 0.225 e. The molecule has 13 heteroatoms. The molecular weight excluding hydrogens is 1000 g/mol. The number of piperidine rings is 4. The first kappa shape index (κ1) is 57.0. The number of carbonyl (C=O) groups is 1. The number of imidazole rings is 2. The van der Waals surface area contributed by atoms with Crippen molar-refractivity contribution in [3.05, 3.63) is 118 Å². The van der Waals surface area contributed by atoms with Crippen LogP contribution in [0.15, 0.2) is 84.9 Å². The molecule has 4 aliphatic rings. The summed E-state index contributed by atoms with van der Waals surface area (Å²) in [5.41, 5.74) is 6.76. The Morgan fingerprint density at radius 2 is 1.03 bits per heavy atom. The van der Waals surface area contributed by atoms with Crippen LogP contribution in [-0.2, 0) is 31.1 Å². The Balaban J connectivity index is 0.000000188. The zero-order valence-electron chi connectivity index (χ0n) is 47.0. The highest BCUT2D eigenvalue weighted by atomic mass is 35.5. The van der Waals surface area contributed by atoms with E-state index in [0.717, 1.165) is 115 Å². The molecule has 77 heavy (non-hydrogen) atoms. The Labute approximate surface area is 470 Å². The fourth-order valence-electron chi connectivity index (χ4n) is 12.6. The second kappa shape index (κ2) is 28.5. The lowest BCUT2D eigenvalue weighted by Gasteiger charge is -2.39. The monoisotopic (exact) mass is 1090 g/mol. The topological polar surface area (TPSA) is 84.1 Å². The smallest absolute Gasteiger partial charge is 0.225 e. The van der Waals surface area contributed by atoms with Gasteiger partial charge in [0.25, 0.3) is 0 Å². The third kappa shape index (κ3) is 15.8. The van der Waals surface area contributed by atoms with Crippen LogP contribution in [0.25, 0.3) is 22.1 Å². The van der Waals surface area contributed by atoms with Crippen molar-refractivity contribution in [2.75, 3.05) is 58.9 Å². The summed E-state index contributed by atoms with van der Waals surface area (Å²) >= 11 is 12.1. The minimum Gasteiger partial charge on any atom is -0.486 e. The third-order valence-corrected chi connectivity index (χ3v) is 17.7. The fraction of sp³-hybridized carbons (Fsp3) is 0.578. The summed E-state index contributed by atoms with van der Waals surface area (Å²) in [6.07, 6.45) is 20.2. The highest BCUT2D eigenvalue weighted by Crippen LogP contribution is 2.29. The van der Waals surface area contributed by atoms with E-state index >= 15 is 0 Å². The lowest BCUT2D eigenvalue weighted by Crippen LogP contribution is -2.47. The summed E-state index contributed by atoms with van der Waals surface area (Å²) in [5.74, 6) is 4.38. The molecule has 0 bridgehead atoms. The molecule has 4 atom stereocenters. The van der Waals surface area contributed by atoms with Crippen LogP contribution in [0.2, 0.25) is 10.0 Å². The Bertz CT molecular complexity index is 2770. The van der Waals surface area contributed by atoms with Gasteiger partial charge in [-0.2, -0.15) is 0 Å². The molecule has 0 radical (unpaired) electrons. The van der Waals surface area contributed by atoms with Gasteiger partial charge in [0.15, 0.2) is 0 Å². The van der Waals surface area contributed by atoms with Crippen molar-refractivity contribution in [2.24, 2.45) is 11.8 Å². The number of amides is 1. The van der Waals surface area contributed by atoms with E-state index in [1.54, 1.807) is 0 Å². The molecule has 416 valence electrons. The lowest BCUT2D eigenvalue weighted by atomic mass is 9.95. The average molecular weight is 1090 g/mol. The number of para-hydroxylation sites is 2. The second-order valence-corrected chi connectivity index (χ2v) is 23.9. The van der Waals surface area contributed by atoms with Gasteiger partial charge in [0.1, 0.15) is 36.4 Å². The molecule has 0 aliphatic carbocycles. The Kier molecular flexibility index (Phi) is 21.1. The molecule has 11 nitrogen and oxygen atoms in total. The van der Waals surface area contributed by atoms with Crippen molar-refractivity contribution in [1.29, 1.82) is 0 Å². The molecule has 4 saturated heterocycles. The molecule has 0 spiro atoms. The zero-order chi connectivity index (χ0) is 53.5. The molecule has 4 fully saturated rings. The van der Waals surface area contributed by atoms with Crippen molar-refractivity contribution in [1.82, 2.24) is 38.7 Å². The van der Waals surface area contributed by atoms with Crippen LogP contribution in [0.4, 0.5) is 0 Å². The maximum absolute atomic E-state index is 13.7. The standard InChI is InChI=1S/C32H43ClN4O2.C32H45ClN4O/c1-24-9-8-11-29-31(24)34-30(23-39-28-14-12-26(33)13-15-28)37(29)22-16-25(2)32(38)36-20-7-4-10-27(36)17-21-35-18-5-3-6-19-35;1-25(23-36-20-7-4-10-28(36)17-21-35-18-5-3-6-19-35)16-22-37-30-11-8-9-26(2)32(30)34-31(37)24-38-29-14-12-27(33)13-15-29/h8-9,11-15,25,27H,3-7,10,16-23H2,1-2H3;8-9,11-15,25,28H,3-7,10,16-24H2,1-2H3. The van der Waals surface area contributed by atoms with E-state index in [1.807, 2.05) is 48.5 Å². The number of nitrogens with zero attached hydrogens (tertiary/aromatic N) is 8. The number of fused-ring (bicyclic) bond motifs is 2. The summed E-state index contributed by atoms with van der Waals surface area (Å²) in [7, 11) is 0. The van der Waals surface area contributed by atoms with E-state index < -0.39 is 0 Å². The molecule has 1 amide bonds. The number of benzene rings is 4. The molecule has 2 aromatic heterocycles. The van der Waals surface area contributed by atoms with Crippen LogP contribution < -0.4 is 9.47 Å². The first-order chi connectivity index (χ1) is 37.6. The van der Waals surface area contributed by atoms with E-state index in [-0.39, 0.29) is 5.92 Å². The molecule has 0 saturated carbocycles. The van der Waals surface area contributed by atoms with E-state index in [0.29, 0.717) is 36.1 Å².